The van der Waals surface area contributed by atoms with Gasteiger partial charge in [-0.1, -0.05) is 49.6 Å². The Labute approximate surface area is 115 Å². The molecule has 1 heteroatoms. The topological polar surface area (TPSA) is 13.1 Å². The molecule has 0 N–H and O–H groups in total. The van der Waals surface area contributed by atoms with Crippen LogP contribution in [0.1, 0.15) is 43.4 Å². The molecule has 0 radical (unpaired) electrons. The molecule has 2 aromatic rings. The van der Waals surface area contributed by atoms with Crippen LogP contribution in [0.15, 0.2) is 53.1 Å². The smallest absolute Gasteiger partial charge is 0.130 e. The number of hydrogen-bond acceptors (Lipinski definition) is 1. The molecule has 1 aliphatic carbocycles. The van der Waals surface area contributed by atoms with Gasteiger partial charge in [0.25, 0.3) is 0 Å². The van der Waals surface area contributed by atoms with E-state index in [1.165, 1.54) is 43.2 Å². The Morgan fingerprint density at radius 1 is 0.947 bits per heavy atom. The average molecular weight is 252 g/mol. The molecule has 0 amide bonds. The minimum Gasteiger partial charge on any atom is -0.465 e. The molecule has 1 aromatic carbocycles. The lowest BCUT2D eigenvalue weighted by Gasteiger charge is -2.23. The van der Waals surface area contributed by atoms with E-state index in [1.54, 1.807) is 6.26 Å². The number of rotatable bonds is 3. The quantitative estimate of drug-likeness (QED) is 0.712. The molecule has 1 saturated carbocycles. The third kappa shape index (κ3) is 2.98. The Bertz CT molecular complexity index is 516. The van der Waals surface area contributed by atoms with Crippen LogP contribution < -0.4 is 0 Å². The van der Waals surface area contributed by atoms with Gasteiger partial charge in [-0.2, -0.15) is 0 Å². The van der Waals surface area contributed by atoms with Gasteiger partial charge in [0, 0.05) is 0 Å². The maximum atomic E-state index is 5.65. The van der Waals surface area contributed by atoms with Crippen LogP contribution in [0.4, 0.5) is 0 Å². The number of hydrogen-bond donors (Lipinski definition) is 0. The van der Waals surface area contributed by atoms with Crippen molar-refractivity contribution in [3.8, 4) is 0 Å². The second-order valence-electron chi connectivity index (χ2n) is 5.32. The molecule has 19 heavy (non-hydrogen) atoms. The van der Waals surface area contributed by atoms with E-state index in [0.717, 1.165) is 5.76 Å². The molecule has 0 spiro atoms. The molecule has 1 aromatic heterocycles. The van der Waals surface area contributed by atoms with Gasteiger partial charge in [-0.05, 0) is 48.1 Å². The first kappa shape index (κ1) is 12.3. The van der Waals surface area contributed by atoms with Gasteiger partial charge in [0.1, 0.15) is 5.76 Å². The Morgan fingerprint density at radius 2 is 1.74 bits per heavy atom. The first-order valence-corrected chi connectivity index (χ1v) is 7.24. The molecule has 1 nitrogen and oxygen atoms in total. The standard InChI is InChI=1S/C18H20O/c1-3-8-15(9-4-1)14-17(18-12-7-13-19-18)16-10-5-2-6-11-16/h1,3-4,7-9,12-14,16H,2,5-6,10-11H2/b17-14+. The maximum absolute atomic E-state index is 5.65. The molecule has 0 aliphatic heterocycles. The van der Waals surface area contributed by atoms with Crippen molar-refractivity contribution in [2.24, 2.45) is 5.92 Å². The van der Waals surface area contributed by atoms with Crippen LogP contribution in [0.5, 0.6) is 0 Å². The third-order valence-corrected chi connectivity index (χ3v) is 3.97. The number of allylic oxidation sites excluding steroid dienone is 1. The summed E-state index contributed by atoms with van der Waals surface area (Å²) in [7, 11) is 0. The molecule has 98 valence electrons. The van der Waals surface area contributed by atoms with Crippen molar-refractivity contribution in [3.63, 3.8) is 0 Å². The summed E-state index contributed by atoms with van der Waals surface area (Å²) in [4.78, 5) is 0. The summed E-state index contributed by atoms with van der Waals surface area (Å²) in [5, 5.41) is 0. The first-order valence-electron chi connectivity index (χ1n) is 7.24. The fourth-order valence-corrected chi connectivity index (χ4v) is 2.98. The fraction of sp³-hybridized carbons (Fsp3) is 0.333. The van der Waals surface area contributed by atoms with E-state index in [4.69, 9.17) is 4.42 Å². The Hall–Kier alpha value is -1.76. The second-order valence-corrected chi connectivity index (χ2v) is 5.32. The summed E-state index contributed by atoms with van der Waals surface area (Å²) in [5.41, 5.74) is 2.63. The molecule has 1 aliphatic rings. The van der Waals surface area contributed by atoms with Gasteiger partial charge in [0.05, 0.1) is 6.26 Å². The molecule has 0 saturated heterocycles. The van der Waals surface area contributed by atoms with E-state index in [0.29, 0.717) is 5.92 Å². The van der Waals surface area contributed by atoms with Gasteiger partial charge in [-0.15, -0.1) is 0 Å². The van der Waals surface area contributed by atoms with E-state index in [2.05, 4.69) is 42.5 Å². The highest BCUT2D eigenvalue weighted by Crippen LogP contribution is 2.36. The van der Waals surface area contributed by atoms with Crippen molar-refractivity contribution in [1.29, 1.82) is 0 Å². The Kier molecular flexibility index (Phi) is 3.83. The summed E-state index contributed by atoms with van der Waals surface area (Å²) in [5.74, 6) is 1.69. The zero-order valence-corrected chi connectivity index (χ0v) is 11.2. The normalized spacial score (nSPS) is 17.6. The largest absolute Gasteiger partial charge is 0.465 e. The van der Waals surface area contributed by atoms with Crippen LogP contribution in [0, 0.1) is 5.92 Å². The van der Waals surface area contributed by atoms with E-state index in [-0.39, 0.29) is 0 Å². The predicted molar refractivity (Wildman–Crippen MR) is 79.6 cm³/mol. The van der Waals surface area contributed by atoms with Gasteiger partial charge < -0.3 is 4.42 Å². The highest BCUT2D eigenvalue weighted by molar-refractivity contribution is 5.80. The highest BCUT2D eigenvalue weighted by Gasteiger charge is 2.20. The fourth-order valence-electron chi connectivity index (χ4n) is 2.98. The van der Waals surface area contributed by atoms with Crippen LogP contribution in [0.25, 0.3) is 11.6 Å². The SMILES string of the molecule is C(=C(\c1ccco1)C1CCCCC1)/c1ccccc1. The van der Waals surface area contributed by atoms with Crippen LogP contribution in [0.3, 0.4) is 0 Å². The predicted octanol–water partition coefficient (Wildman–Crippen LogP) is 5.40. The minimum absolute atomic E-state index is 0.653. The lowest BCUT2D eigenvalue weighted by atomic mass is 9.82. The van der Waals surface area contributed by atoms with Crippen molar-refractivity contribution in [3.05, 3.63) is 60.1 Å². The first-order chi connectivity index (χ1) is 9.43. The molecule has 0 bridgehead atoms. The van der Waals surface area contributed by atoms with E-state index < -0.39 is 0 Å². The monoisotopic (exact) mass is 252 g/mol. The lowest BCUT2D eigenvalue weighted by Crippen LogP contribution is -2.08. The highest BCUT2D eigenvalue weighted by atomic mass is 16.3. The summed E-state index contributed by atoms with van der Waals surface area (Å²) in [6.07, 6.45) is 10.7. The Morgan fingerprint density at radius 3 is 2.42 bits per heavy atom. The van der Waals surface area contributed by atoms with Crippen molar-refractivity contribution in [2.45, 2.75) is 32.1 Å². The third-order valence-electron chi connectivity index (χ3n) is 3.97. The summed E-state index contributed by atoms with van der Waals surface area (Å²) in [6, 6.07) is 14.6. The van der Waals surface area contributed by atoms with Crippen LogP contribution >= 0.6 is 0 Å². The van der Waals surface area contributed by atoms with Crippen molar-refractivity contribution in [1.82, 2.24) is 0 Å². The van der Waals surface area contributed by atoms with Crippen LogP contribution in [-0.2, 0) is 0 Å². The lowest BCUT2D eigenvalue weighted by molar-refractivity contribution is 0.421. The average Bonchev–Trinajstić information content (AvgIpc) is 3.01. The summed E-state index contributed by atoms with van der Waals surface area (Å²) >= 11 is 0. The molecule has 0 unspecified atom stereocenters. The molecular weight excluding hydrogens is 232 g/mol. The molecule has 0 atom stereocenters. The Balaban J connectivity index is 1.94. The minimum atomic E-state index is 0.653. The molecule has 1 heterocycles. The van der Waals surface area contributed by atoms with Crippen molar-refractivity contribution >= 4 is 11.6 Å². The molecular formula is C18H20O. The summed E-state index contributed by atoms with van der Waals surface area (Å²) in [6.45, 7) is 0. The van der Waals surface area contributed by atoms with Crippen LogP contribution in [-0.4, -0.2) is 0 Å². The van der Waals surface area contributed by atoms with Crippen molar-refractivity contribution in [2.75, 3.05) is 0 Å². The maximum Gasteiger partial charge on any atom is 0.130 e. The van der Waals surface area contributed by atoms with Gasteiger partial charge >= 0.3 is 0 Å². The van der Waals surface area contributed by atoms with Gasteiger partial charge in [-0.3, -0.25) is 0 Å². The zero-order chi connectivity index (χ0) is 12.9. The van der Waals surface area contributed by atoms with Crippen LogP contribution in [0.2, 0.25) is 0 Å². The molecule has 1 fully saturated rings. The van der Waals surface area contributed by atoms with Crippen molar-refractivity contribution < 1.29 is 4.42 Å². The van der Waals surface area contributed by atoms with E-state index in [1.807, 2.05) is 6.07 Å². The van der Waals surface area contributed by atoms with E-state index in [9.17, 15) is 0 Å². The van der Waals surface area contributed by atoms with Gasteiger partial charge in [0.15, 0.2) is 0 Å². The van der Waals surface area contributed by atoms with E-state index >= 15 is 0 Å². The van der Waals surface area contributed by atoms with Gasteiger partial charge in [0.2, 0.25) is 0 Å². The number of furan rings is 1. The number of benzene rings is 1. The molecule has 3 rings (SSSR count). The second kappa shape index (κ2) is 5.92. The van der Waals surface area contributed by atoms with Gasteiger partial charge in [-0.25, -0.2) is 0 Å². The summed E-state index contributed by atoms with van der Waals surface area (Å²) < 4.78 is 5.65. The zero-order valence-electron chi connectivity index (χ0n) is 11.2.